The molecule has 0 saturated heterocycles. The molecule has 1 aromatic carbocycles. The van der Waals surface area contributed by atoms with E-state index < -0.39 is 53.0 Å². The molecule has 2 unspecified atom stereocenters. The number of hydrogen-bond donors (Lipinski definition) is 5. The van der Waals surface area contributed by atoms with Gasteiger partial charge >= 0.3 is 17.6 Å². The lowest BCUT2D eigenvalue weighted by Gasteiger charge is -2.26. The number of rotatable bonds is 11. The summed E-state index contributed by atoms with van der Waals surface area (Å²) in [5, 5.41) is 38.5. The molecule has 2 atom stereocenters. The number of benzene rings is 1. The Morgan fingerprint density at radius 3 is 2.47 bits per heavy atom. The molecule has 0 fully saturated rings. The Kier molecular flexibility index (Phi) is 8.03. The molecule has 5 N–H and O–H groups in total. The fourth-order valence-corrected chi connectivity index (χ4v) is 2.92. The van der Waals surface area contributed by atoms with Gasteiger partial charge in [0, 0.05) is 18.2 Å². The van der Waals surface area contributed by atoms with Crippen LogP contribution in [-0.2, 0) is 19.2 Å². The van der Waals surface area contributed by atoms with Crippen LogP contribution in [0, 0.1) is 10.1 Å². The van der Waals surface area contributed by atoms with E-state index in [1.807, 2.05) is 0 Å². The highest BCUT2D eigenvalue weighted by atomic mass is 32.1. The average molecular weight is 470 g/mol. The number of thiol groups is 1. The van der Waals surface area contributed by atoms with Gasteiger partial charge in [-0.2, -0.15) is 12.6 Å². The number of carbonyl (C=O) groups is 4. The molecule has 2 aromatic rings. The minimum atomic E-state index is -1.42. The van der Waals surface area contributed by atoms with Crippen molar-refractivity contribution in [1.29, 1.82) is 0 Å². The molecule has 0 bridgehead atoms. The van der Waals surface area contributed by atoms with Crippen molar-refractivity contribution in [1.82, 2.24) is 15.6 Å². The zero-order valence-corrected chi connectivity index (χ0v) is 17.1. The molecular weight excluding hydrogens is 452 g/mol. The molecule has 2 rings (SSSR count). The molecule has 2 amide bonds. The number of anilines is 1. The van der Waals surface area contributed by atoms with Crippen molar-refractivity contribution in [2.45, 2.75) is 24.9 Å². The summed E-state index contributed by atoms with van der Waals surface area (Å²) in [5.41, 5.74) is 4.19. The van der Waals surface area contributed by atoms with Crippen LogP contribution in [0.5, 0.6) is 0 Å². The Balaban J connectivity index is 2.32. The van der Waals surface area contributed by atoms with Gasteiger partial charge in [0.05, 0.1) is 10.6 Å². The predicted molar refractivity (Wildman–Crippen MR) is 109 cm³/mol. The molecule has 15 nitrogen and oxygen atoms in total. The number of nitrogens with two attached hydrogens (primary N) is 1. The van der Waals surface area contributed by atoms with Gasteiger partial charge in [0.15, 0.2) is 5.52 Å². The first-order valence-corrected chi connectivity index (χ1v) is 9.51. The summed E-state index contributed by atoms with van der Waals surface area (Å²) in [5.74, 6) is -4.56. The Morgan fingerprint density at radius 1 is 1.25 bits per heavy atom. The van der Waals surface area contributed by atoms with Crippen molar-refractivity contribution in [3.05, 3.63) is 22.2 Å². The number of carbonyl (C=O) groups excluding carboxylic acids is 2. The molecule has 0 saturated carbocycles. The molecule has 32 heavy (non-hydrogen) atoms. The maximum absolute atomic E-state index is 13.0. The van der Waals surface area contributed by atoms with Gasteiger partial charge in [-0.05, 0) is 22.8 Å². The molecule has 16 heteroatoms. The summed E-state index contributed by atoms with van der Waals surface area (Å²) in [7, 11) is 0. The monoisotopic (exact) mass is 470 g/mol. The van der Waals surface area contributed by atoms with Crippen molar-refractivity contribution in [2.24, 2.45) is 5.73 Å². The van der Waals surface area contributed by atoms with E-state index in [1.54, 1.807) is 0 Å². The topological polar surface area (TPSA) is 232 Å². The summed E-state index contributed by atoms with van der Waals surface area (Å²) in [6, 6.07) is -0.473. The Morgan fingerprint density at radius 2 is 1.91 bits per heavy atom. The fraction of sp³-hybridized carbons (Fsp3) is 0.375. The Labute approximate surface area is 184 Å². The minimum Gasteiger partial charge on any atom is -0.480 e. The number of aliphatic carboxylic acids is 2. The maximum Gasteiger partial charge on any atom is 0.323 e. The van der Waals surface area contributed by atoms with Gasteiger partial charge < -0.3 is 21.3 Å². The molecule has 0 aliphatic rings. The Hall–Kier alpha value is -3.79. The number of fused-ring (bicyclic) bond motifs is 1. The quantitative estimate of drug-likeness (QED) is 0.154. The highest BCUT2D eigenvalue weighted by Gasteiger charge is 2.31. The van der Waals surface area contributed by atoms with E-state index in [0.717, 1.165) is 17.0 Å². The van der Waals surface area contributed by atoms with Crippen LogP contribution in [0.2, 0.25) is 0 Å². The van der Waals surface area contributed by atoms with Crippen molar-refractivity contribution >= 4 is 58.8 Å². The lowest BCUT2D eigenvalue weighted by Crippen LogP contribution is -2.51. The van der Waals surface area contributed by atoms with E-state index in [2.05, 4.69) is 32.9 Å². The zero-order valence-electron chi connectivity index (χ0n) is 16.2. The van der Waals surface area contributed by atoms with Crippen LogP contribution >= 0.6 is 12.6 Å². The second kappa shape index (κ2) is 10.5. The smallest absolute Gasteiger partial charge is 0.323 e. The van der Waals surface area contributed by atoms with Crippen LogP contribution < -0.4 is 16.0 Å². The van der Waals surface area contributed by atoms with E-state index in [4.69, 9.17) is 10.8 Å². The standard InChI is InChI=1S/C16H18N6O9S/c17-7(16(27)28)1-4-11(23)18-8(6-32)15(26)21(5-12(24)25)9-2-3-10(22(29)30)14-13(9)19-31-20-14/h2-3,7-8,32H,1,4-6,17H2,(H,18,23)(H,24,25)(H,27,28). The molecule has 0 aliphatic carbocycles. The number of nitro groups is 1. The van der Waals surface area contributed by atoms with Crippen molar-refractivity contribution in [2.75, 3.05) is 17.2 Å². The van der Waals surface area contributed by atoms with Crippen LogP contribution in [0.4, 0.5) is 11.4 Å². The van der Waals surface area contributed by atoms with Gasteiger partial charge in [-0.15, -0.1) is 0 Å². The normalized spacial score (nSPS) is 12.7. The van der Waals surface area contributed by atoms with E-state index in [-0.39, 0.29) is 35.3 Å². The second-order valence-corrected chi connectivity index (χ2v) is 6.79. The van der Waals surface area contributed by atoms with E-state index in [9.17, 15) is 34.4 Å². The first-order chi connectivity index (χ1) is 15.1. The molecular formula is C16H18N6O9S. The number of nitrogens with one attached hydrogen (secondary N) is 1. The molecule has 172 valence electrons. The predicted octanol–water partition coefficient (Wildman–Crippen LogP) is -0.845. The van der Waals surface area contributed by atoms with Gasteiger partial charge in [-0.1, -0.05) is 0 Å². The first-order valence-electron chi connectivity index (χ1n) is 8.88. The highest BCUT2D eigenvalue weighted by molar-refractivity contribution is 7.80. The van der Waals surface area contributed by atoms with Crippen molar-refractivity contribution in [3.8, 4) is 0 Å². The van der Waals surface area contributed by atoms with Gasteiger partial charge in [-0.3, -0.25) is 34.2 Å². The number of aromatic nitrogens is 2. The second-order valence-electron chi connectivity index (χ2n) is 6.43. The van der Waals surface area contributed by atoms with E-state index in [1.165, 1.54) is 0 Å². The number of amides is 2. The summed E-state index contributed by atoms with van der Waals surface area (Å²) in [6.07, 6.45) is -0.500. The maximum atomic E-state index is 13.0. The molecule has 0 spiro atoms. The van der Waals surface area contributed by atoms with Crippen LogP contribution in [0.1, 0.15) is 12.8 Å². The SMILES string of the molecule is NC(CCC(=O)NC(CS)C(=O)N(CC(=O)O)c1ccc([N+](=O)[O-])c2nonc12)C(=O)O. The number of nitrogens with zero attached hydrogens (tertiary/aromatic N) is 4. The lowest BCUT2D eigenvalue weighted by atomic mass is 10.1. The minimum absolute atomic E-state index is 0.145. The zero-order chi connectivity index (χ0) is 24.0. The van der Waals surface area contributed by atoms with Crippen LogP contribution in [0.15, 0.2) is 16.8 Å². The fourth-order valence-electron chi connectivity index (χ4n) is 2.67. The largest absolute Gasteiger partial charge is 0.480 e. The molecule has 0 radical (unpaired) electrons. The van der Waals surface area contributed by atoms with Gasteiger partial charge in [-0.25, -0.2) is 4.63 Å². The number of carboxylic acid groups (broad SMARTS) is 2. The van der Waals surface area contributed by atoms with Crippen molar-refractivity contribution in [3.63, 3.8) is 0 Å². The first kappa shape index (κ1) is 24.5. The third kappa shape index (κ3) is 5.67. The third-order valence-corrected chi connectivity index (χ3v) is 4.60. The van der Waals surface area contributed by atoms with Gasteiger partial charge in [0.2, 0.25) is 11.4 Å². The summed E-state index contributed by atoms with van der Waals surface area (Å²) < 4.78 is 4.52. The van der Waals surface area contributed by atoms with Gasteiger partial charge in [0.25, 0.3) is 5.91 Å². The highest BCUT2D eigenvalue weighted by Crippen LogP contribution is 2.31. The van der Waals surface area contributed by atoms with Crippen LogP contribution in [0.25, 0.3) is 11.0 Å². The lowest BCUT2D eigenvalue weighted by molar-refractivity contribution is -0.383. The third-order valence-electron chi connectivity index (χ3n) is 4.24. The average Bonchev–Trinajstić information content (AvgIpc) is 3.22. The molecule has 1 heterocycles. The van der Waals surface area contributed by atoms with Crippen LogP contribution in [0.3, 0.4) is 0 Å². The van der Waals surface area contributed by atoms with E-state index in [0.29, 0.717) is 0 Å². The van der Waals surface area contributed by atoms with Gasteiger partial charge in [0.1, 0.15) is 18.6 Å². The Bertz CT molecular complexity index is 1060. The molecule has 0 aliphatic heterocycles. The number of nitro benzene ring substituents is 1. The van der Waals surface area contributed by atoms with Crippen LogP contribution in [-0.4, -0.2) is 73.6 Å². The summed E-state index contributed by atoms with van der Waals surface area (Å²) in [4.78, 5) is 58.4. The number of hydrogen-bond acceptors (Lipinski definition) is 11. The summed E-state index contributed by atoms with van der Waals surface area (Å²) in [6.45, 7) is -0.872. The van der Waals surface area contributed by atoms with Crippen molar-refractivity contribution < 1.29 is 38.9 Å². The number of carboxylic acids is 2. The van der Waals surface area contributed by atoms with E-state index >= 15 is 0 Å². The molecule has 1 aromatic heterocycles. The summed E-state index contributed by atoms with van der Waals surface area (Å²) >= 11 is 4.01. The number of non-ortho nitro benzene ring substituents is 1.